The van der Waals surface area contributed by atoms with Gasteiger partial charge in [-0.1, -0.05) is 29.4 Å². The number of anilines is 1. The topological polar surface area (TPSA) is 115 Å². The number of methoxy groups -OCH3 is 1. The number of nitrogens with one attached hydrogen (secondary N) is 1. The summed E-state index contributed by atoms with van der Waals surface area (Å²) < 4.78 is 37.5. The maximum absolute atomic E-state index is 12.8. The number of benzene rings is 2. The Morgan fingerprint density at radius 3 is 2.38 bits per heavy atom. The first-order valence-electron chi connectivity index (χ1n) is 9.51. The third-order valence-electron chi connectivity index (χ3n) is 4.40. The minimum atomic E-state index is -3.75. The Labute approximate surface area is 186 Å². The number of amides is 1. The van der Waals surface area contributed by atoms with E-state index in [-0.39, 0.29) is 35.5 Å². The van der Waals surface area contributed by atoms with Gasteiger partial charge in [-0.3, -0.25) is 10.1 Å². The van der Waals surface area contributed by atoms with Gasteiger partial charge in [0, 0.05) is 18.7 Å². The number of nitrogens with zero attached hydrogens (tertiary/aromatic N) is 3. The Morgan fingerprint density at radius 2 is 1.75 bits per heavy atom. The number of carbonyl (C=O) groups is 1. The summed E-state index contributed by atoms with van der Waals surface area (Å²) in [4.78, 5) is 12.6. The number of rotatable bonds is 10. The first kappa shape index (κ1) is 22.9. The fourth-order valence-electron chi connectivity index (χ4n) is 2.86. The molecule has 0 saturated carbocycles. The van der Waals surface area contributed by atoms with Crippen molar-refractivity contribution < 1.29 is 22.4 Å². The third kappa shape index (κ3) is 4.93. The third-order valence-corrected chi connectivity index (χ3v) is 6.25. The Kier molecular flexibility index (Phi) is 7.18. The molecule has 0 aliphatic carbocycles. The van der Waals surface area contributed by atoms with Gasteiger partial charge in [-0.25, -0.2) is 8.42 Å². The molecule has 0 saturated heterocycles. The molecule has 0 aliphatic rings. The molecule has 0 spiro atoms. The van der Waals surface area contributed by atoms with Crippen molar-refractivity contribution in [2.24, 2.45) is 0 Å². The molecule has 3 aromatic rings. The summed E-state index contributed by atoms with van der Waals surface area (Å²) in [5, 5.41) is 10.3. The summed E-state index contributed by atoms with van der Waals surface area (Å²) in [6.45, 7) is 7.44. The minimum Gasteiger partial charge on any atom is -0.496 e. The Morgan fingerprint density at radius 1 is 1.09 bits per heavy atom. The quantitative estimate of drug-likeness (QED) is 0.467. The molecule has 0 atom stereocenters. The van der Waals surface area contributed by atoms with Crippen LogP contribution in [0.25, 0.3) is 11.5 Å². The molecule has 2 aromatic carbocycles. The van der Waals surface area contributed by atoms with Crippen LogP contribution in [-0.2, 0) is 10.0 Å². The largest absolute Gasteiger partial charge is 0.496 e. The number of aromatic nitrogens is 2. The zero-order valence-electron chi connectivity index (χ0n) is 17.4. The number of hydrogen-bond donors (Lipinski definition) is 1. The molecule has 32 heavy (non-hydrogen) atoms. The summed E-state index contributed by atoms with van der Waals surface area (Å²) in [5.74, 6) is 0.203. The number of sulfonamides is 1. The average Bonchev–Trinajstić information content (AvgIpc) is 3.27. The van der Waals surface area contributed by atoms with Crippen LogP contribution in [0.4, 0.5) is 6.01 Å². The highest BCUT2D eigenvalue weighted by atomic mass is 32.2. The van der Waals surface area contributed by atoms with E-state index in [1.54, 1.807) is 24.3 Å². The second-order valence-electron chi connectivity index (χ2n) is 6.49. The average molecular weight is 455 g/mol. The van der Waals surface area contributed by atoms with Gasteiger partial charge in [-0.05, 0) is 36.4 Å². The maximum atomic E-state index is 12.8. The second-order valence-corrected chi connectivity index (χ2v) is 8.43. The molecule has 1 heterocycles. The van der Waals surface area contributed by atoms with E-state index in [1.807, 2.05) is 0 Å². The maximum Gasteiger partial charge on any atom is 0.322 e. The van der Waals surface area contributed by atoms with E-state index in [0.29, 0.717) is 11.3 Å². The smallest absolute Gasteiger partial charge is 0.322 e. The lowest BCUT2D eigenvalue weighted by molar-refractivity contribution is 0.102. The standard InChI is InChI=1S/C22H22N4O5S/c1-4-14-26(15-5-2)32(28,29)17-12-10-16(11-13-17)20(27)23-22-25-24-21(31-22)18-8-6-7-9-19(18)30-3/h4-13H,1-2,14-15H2,3H3,(H,23,25,27). The Bertz CT molecular complexity index is 1210. The molecule has 0 unspecified atom stereocenters. The molecule has 9 nitrogen and oxygen atoms in total. The van der Waals surface area contributed by atoms with E-state index in [1.165, 1.54) is 47.8 Å². The van der Waals surface area contributed by atoms with Crippen molar-refractivity contribution in [3.05, 3.63) is 79.4 Å². The van der Waals surface area contributed by atoms with Gasteiger partial charge in [0.15, 0.2) is 0 Å². The van der Waals surface area contributed by atoms with E-state index in [9.17, 15) is 13.2 Å². The summed E-state index contributed by atoms with van der Waals surface area (Å²) in [6, 6.07) is 12.5. The summed E-state index contributed by atoms with van der Waals surface area (Å²) >= 11 is 0. The minimum absolute atomic E-state index is 0.0500. The van der Waals surface area contributed by atoms with Gasteiger partial charge in [0.05, 0.1) is 17.6 Å². The van der Waals surface area contributed by atoms with Crippen LogP contribution in [0, 0.1) is 0 Å². The molecule has 0 aliphatic heterocycles. The Hall–Kier alpha value is -3.76. The van der Waals surface area contributed by atoms with Gasteiger partial charge >= 0.3 is 6.01 Å². The lowest BCUT2D eigenvalue weighted by Crippen LogP contribution is -2.31. The van der Waals surface area contributed by atoms with Crippen molar-refractivity contribution in [2.45, 2.75) is 4.90 Å². The van der Waals surface area contributed by atoms with E-state index in [2.05, 4.69) is 28.7 Å². The van der Waals surface area contributed by atoms with Gasteiger partial charge in [0.25, 0.3) is 11.8 Å². The zero-order chi connectivity index (χ0) is 23.1. The highest BCUT2D eigenvalue weighted by Gasteiger charge is 2.23. The lowest BCUT2D eigenvalue weighted by Gasteiger charge is -2.19. The molecular weight excluding hydrogens is 432 g/mol. The molecule has 3 rings (SSSR count). The molecule has 1 aromatic heterocycles. The summed E-state index contributed by atoms with van der Waals surface area (Å²) in [6.07, 6.45) is 2.99. The van der Waals surface area contributed by atoms with Crippen LogP contribution in [0.5, 0.6) is 5.75 Å². The summed E-state index contributed by atoms with van der Waals surface area (Å²) in [7, 11) is -2.23. The first-order valence-corrected chi connectivity index (χ1v) is 10.9. The van der Waals surface area contributed by atoms with Crippen molar-refractivity contribution in [1.29, 1.82) is 0 Å². The van der Waals surface area contributed by atoms with Crippen LogP contribution in [0.15, 0.2) is 83.2 Å². The molecule has 0 fully saturated rings. The molecular formula is C22H22N4O5S. The van der Waals surface area contributed by atoms with Crippen LogP contribution in [0.3, 0.4) is 0 Å². The molecule has 1 amide bonds. The van der Waals surface area contributed by atoms with Crippen LogP contribution in [-0.4, -0.2) is 49.0 Å². The SMILES string of the molecule is C=CCN(CC=C)S(=O)(=O)c1ccc(C(=O)Nc2nnc(-c3ccccc3OC)o2)cc1. The zero-order valence-corrected chi connectivity index (χ0v) is 18.2. The van der Waals surface area contributed by atoms with Crippen molar-refractivity contribution in [3.8, 4) is 17.2 Å². The van der Waals surface area contributed by atoms with E-state index in [4.69, 9.17) is 9.15 Å². The predicted molar refractivity (Wildman–Crippen MR) is 120 cm³/mol. The van der Waals surface area contributed by atoms with Crippen LogP contribution >= 0.6 is 0 Å². The monoisotopic (exact) mass is 454 g/mol. The highest BCUT2D eigenvalue weighted by molar-refractivity contribution is 7.89. The van der Waals surface area contributed by atoms with Crippen LogP contribution in [0.1, 0.15) is 10.4 Å². The van der Waals surface area contributed by atoms with Gasteiger partial charge in [0.1, 0.15) is 5.75 Å². The molecule has 0 bridgehead atoms. The normalized spacial score (nSPS) is 11.2. The first-order chi connectivity index (χ1) is 15.4. The lowest BCUT2D eigenvalue weighted by atomic mass is 10.2. The highest BCUT2D eigenvalue weighted by Crippen LogP contribution is 2.29. The molecule has 1 N–H and O–H groups in total. The second kappa shape index (κ2) is 10.0. The van der Waals surface area contributed by atoms with Crippen molar-refractivity contribution in [1.82, 2.24) is 14.5 Å². The van der Waals surface area contributed by atoms with Gasteiger partial charge in [-0.15, -0.1) is 18.3 Å². The predicted octanol–water partition coefficient (Wildman–Crippen LogP) is 3.36. The van der Waals surface area contributed by atoms with E-state index >= 15 is 0 Å². The van der Waals surface area contributed by atoms with Crippen LogP contribution < -0.4 is 10.1 Å². The molecule has 10 heteroatoms. The molecule has 166 valence electrons. The van der Waals surface area contributed by atoms with Gasteiger partial charge < -0.3 is 9.15 Å². The molecule has 0 radical (unpaired) electrons. The van der Waals surface area contributed by atoms with Crippen molar-refractivity contribution >= 4 is 21.9 Å². The van der Waals surface area contributed by atoms with Crippen molar-refractivity contribution in [2.75, 3.05) is 25.5 Å². The van der Waals surface area contributed by atoms with Crippen molar-refractivity contribution in [3.63, 3.8) is 0 Å². The summed E-state index contributed by atoms with van der Waals surface area (Å²) in [5.41, 5.74) is 0.807. The Balaban J connectivity index is 1.75. The fraction of sp³-hybridized carbons (Fsp3) is 0.136. The fourth-order valence-corrected chi connectivity index (χ4v) is 4.24. The van der Waals surface area contributed by atoms with Gasteiger partial charge in [0.2, 0.25) is 10.0 Å². The van der Waals surface area contributed by atoms with Crippen LogP contribution in [0.2, 0.25) is 0 Å². The van der Waals surface area contributed by atoms with E-state index < -0.39 is 15.9 Å². The number of ether oxygens (including phenoxy) is 1. The number of carbonyl (C=O) groups excluding carboxylic acids is 1. The van der Waals surface area contributed by atoms with E-state index in [0.717, 1.165) is 0 Å². The van der Waals surface area contributed by atoms with Gasteiger partial charge in [-0.2, -0.15) is 4.31 Å². The number of para-hydroxylation sites is 1. The number of hydrogen-bond acceptors (Lipinski definition) is 7.